The Morgan fingerprint density at radius 2 is 1.12 bits per heavy atom. The highest BCUT2D eigenvalue weighted by Crippen LogP contribution is 2.47. The van der Waals surface area contributed by atoms with Gasteiger partial charge in [0, 0.05) is 16.7 Å². The summed E-state index contributed by atoms with van der Waals surface area (Å²) in [4.78, 5) is 0. The van der Waals surface area contributed by atoms with Crippen LogP contribution in [0.25, 0.3) is 44.5 Å². The van der Waals surface area contributed by atoms with Gasteiger partial charge in [-0.15, -0.1) is 0 Å². The van der Waals surface area contributed by atoms with Crippen LogP contribution in [-0.2, 0) is 0 Å². The maximum absolute atomic E-state index is 6.50. The Morgan fingerprint density at radius 1 is 0.577 bits per heavy atom. The van der Waals surface area contributed by atoms with Crippen LogP contribution in [-0.4, -0.2) is 0 Å². The minimum absolute atomic E-state index is 0.906. The summed E-state index contributed by atoms with van der Waals surface area (Å²) in [6, 6.07) is 31.6. The molecule has 1 heteroatoms. The number of fused-ring (bicyclic) bond motifs is 3. The highest BCUT2D eigenvalue weighted by atomic mass is 16.3. The van der Waals surface area contributed by atoms with Crippen molar-refractivity contribution in [1.29, 1.82) is 0 Å². The van der Waals surface area contributed by atoms with Gasteiger partial charge in [0.15, 0.2) is 0 Å². The zero-order valence-corrected chi connectivity index (χ0v) is 14.6. The Hall–Kier alpha value is -3.32. The Bertz CT molecular complexity index is 1170. The van der Waals surface area contributed by atoms with Gasteiger partial charge in [0.1, 0.15) is 11.5 Å². The van der Waals surface area contributed by atoms with Gasteiger partial charge in [0.05, 0.1) is 0 Å². The van der Waals surface area contributed by atoms with E-state index in [0.29, 0.717) is 0 Å². The van der Waals surface area contributed by atoms with E-state index in [4.69, 9.17) is 4.42 Å². The first-order valence-corrected chi connectivity index (χ1v) is 8.88. The van der Waals surface area contributed by atoms with Crippen LogP contribution in [0.15, 0.2) is 95.4 Å². The molecule has 0 spiro atoms. The zero-order chi connectivity index (χ0) is 17.5. The molecule has 1 aliphatic heterocycles. The summed E-state index contributed by atoms with van der Waals surface area (Å²) in [7, 11) is 0. The lowest BCUT2D eigenvalue weighted by atomic mass is 10.0. The second kappa shape index (κ2) is 5.89. The van der Waals surface area contributed by atoms with E-state index in [1.807, 2.05) is 18.2 Å². The summed E-state index contributed by atoms with van der Waals surface area (Å²) in [5, 5.41) is 2.49. The molecule has 1 heterocycles. The van der Waals surface area contributed by atoms with E-state index in [1.54, 1.807) is 0 Å². The lowest BCUT2D eigenvalue weighted by Crippen LogP contribution is -1.87. The van der Waals surface area contributed by atoms with Gasteiger partial charge in [-0.1, -0.05) is 84.9 Å². The molecule has 124 valence electrons. The molecule has 0 amide bonds. The Labute approximate surface area is 152 Å². The van der Waals surface area contributed by atoms with Crippen LogP contribution < -0.4 is 0 Å². The topological polar surface area (TPSA) is 13.1 Å². The summed E-state index contributed by atoms with van der Waals surface area (Å²) in [5.74, 6) is 1.87. The maximum atomic E-state index is 6.50. The molecular formula is C25H18O. The minimum Gasteiger partial charge on any atom is -0.455 e. The van der Waals surface area contributed by atoms with Crippen molar-refractivity contribution in [2.75, 3.05) is 0 Å². The standard InChI is InChI=1S/C25H18O/c1-17-16-22(18-10-4-2-5-11-18)26-25-23(17)20-14-8-9-15-21(20)24(25)19-12-6-3-7-13-19/h2-16H,1H3. The number of aryl methyl sites for hydroxylation is 1. The SMILES string of the molecule is Cc1cc(-c2ccccc2)oc2c(-c3ccccc3)c3ccccc3c1-2. The van der Waals surface area contributed by atoms with Crippen molar-refractivity contribution in [3.8, 4) is 33.8 Å². The van der Waals surface area contributed by atoms with E-state index in [-0.39, 0.29) is 0 Å². The normalized spacial score (nSPS) is 11.3. The van der Waals surface area contributed by atoms with Gasteiger partial charge >= 0.3 is 0 Å². The second-order valence-electron chi connectivity index (χ2n) is 6.65. The molecule has 0 N–H and O–H groups in total. The van der Waals surface area contributed by atoms with E-state index < -0.39 is 0 Å². The summed E-state index contributed by atoms with van der Waals surface area (Å²) in [5.41, 5.74) is 5.91. The molecule has 0 bridgehead atoms. The molecule has 0 atom stereocenters. The number of benzene rings is 3. The predicted molar refractivity (Wildman–Crippen MR) is 108 cm³/mol. The quantitative estimate of drug-likeness (QED) is 0.333. The fourth-order valence-corrected chi connectivity index (χ4v) is 3.83. The van der Waals surface area contributed by atoms with Gasteiger partial charge in [-0.05, 0) is 34.9 Å². The first-order chi connectivity index (χ1) is 12.8. The van der Waals surface area contributed by atoms with Crippen LogP contribution in [0.4, 0.5) is 0 Å². The third-order valence-electron chi connectivity index (χ3n) is 4.99. The lowest BCUT2D eigenvalue weighted by Gasteiger charge is -2.11. The van der Waals surface area contributed by atoms with Crippen LogP contribution in [0, 0.1) is 6.92 Å². The smallest absolute Gasteiger partial charge is 0.144 e. The van der Waals surface area contributed by atoms with Crippen LogP contribution in [0.2, 0.25) is 0 Å². The van der Waals surface area contributed by atoms with Crippen molar-refractivity contribution >= 4 is 10.8 Å². The molecule has 3 aromatic rings. The highest BCUT2D eigenvalue weighted by molar-refractivity contribution is 6.14. The van der Waals surface area contributed by atoms with Crippen molar-refractivity contribution < 1.29 is 4.42 Å². The lowest BCUT2D eigenvalue weighted by molar-refractivity contribution is 0.583. The fourth-order valence-electron chi connectivity index (χ4n) is 3.83. The van der Waals surface area contributed by atoms with Gasteiger partial charge in [0.25, 0.3) is 0 Å². The molecule has 0 saturated carbocycles. The number of rotatable bonds is 2. The predicted octanol–water partition coefficient (Wildman–Crippen LogP) is 7.18. The molecule has 26 heavy (non-hydrogen) atoms. The summed E-state index contributed by atoms with van der Waals surface area (Å²) >= 11 is 0. The monoisotopic (exact) mass is 334 g/mol. The van der Waals surface area contributed by atoms with Gasteiger partial charge in [0.2, 0.25) is 0 Å². The average molecular weight is 334 g/mol. The molecule has 1 aliphatic carbocycles. The summed E-state index contributed by atoms with van der Waals surface area (Å²) in [6.45, 7) is 2.17. The first kappa shape index (κ1) is 15.0. The Balaban J connectivity index is 1.91. The molecule has 3 aromatic carbocycles. The van der Waals surface area contributed by atoms with Crippen molar-refractivity contribution in [2.24, 2.45) is 0 Å². The van der Waals surface area contributed by atoms with E-state index in [0.717, 1.165) is 17.1 Å². The zero-order valence-electron chi connectivity index (χ0n) is 14.6. The van der Waals surface area contributed by atoms with Crippen molar-refractivity contribution in [2.45, 2.75) is 6.92 Å². The highest BCUT2D eigenvalue weighted by Gasteiger charge is 2.24. The molecule has 0 radical (unpaired) electrons. The Kier molecular flexibility index (Phi) is 3.39. The van der Waals surface area contributed by atoms with Crippen LogP contribution >= 0.6 is 0 Å². The van der Waals surface area contributed by atoms with Gasteiger partial charge in [-0.2, -0.15) is 0 Å². The van der Waals surface area contributed by atoms with E-state index in [2.05, 4.69) is 79.7 Å². The van der Waals surface area contributed by atoms with Gasteiger partial charge < -0.3 is 4.42 Å². The third-order valence-corrected chi connectivity index (χ3v) is 4.99. The molecule has 0 saturated heterocycles. The second-order valence-corrected chi connectivity index (χ2v) is 6.65. The molecule has 0 unspecified atom stereocenters. The fraction of sp³-hybridized carbons (Fsp3) is 0.0400. The molecule has 0 aromatic heterocycles. The molecule has 2 aliphatic rings. The number of hydrogen-bond donors (Lipinski definition) is 0. The van der Waals surface area contributed by atoms with E-state index >= 15 is 0 Å². The van der Waals surface area contributed by atoms with E-state index in [9.17, 15) is 0 Å². The summed E-state index contributed by atoms with van der Waals surface area (Å²) in [6.07, 6.45) is 0. The number of hydrogen-bond acceptors (Lipinski definition) is 1. The minimum atomic E-state index is 0.906. The molecule has 1 nitrogen and oxygen atoms in total. The van der Waals surface area contributed by atoms with Gasteiger partial charge in [-0.25, -0.2) is 0 Å². The third kappa shape index (κ3) is 2.25. The van der Waals surface area contributed by atoms with Gasteiger partial charge in [-0.3, -0.25) is 0 Å². The largest absolute Gasteiger partial charge is 0.455 e. The van der Waals surface area contributed by atoms with Crippen LogP contribution in [0.5, 0.6) is 0 Å². The Morgan fingerprint density at radius 3 is 1.77 bits per heavy atom. The molecule has 0 fully saturated rings. The van der Waals surface area contributed by atoms with Crippen LogP contribution in [0.1, 0.15) is 5.56 Å². The van der Waals surface area contributed by atoms with Crippen LogP contribution in [0.3, 0.4) is 0 Å². The van der Waals surface area contributed by atoms with Crippen molar-refractivity contribution in [3.05, 3.63) is 96.6 Å². The van der Waals surface area contributed by atoms with Crippen molar-refractivity contribution in [1.82, 2.24) is 0 Å². The molecular weight excluding hydrogens is 316 g/mol. The average Bonchev–Trinajstić information content (AvgIpc) is 3.04. The molecule has 5 rings (SSSR count). The summed E-state index contributed by atoms with van der Waals surface area (Å²) < 4.78 is 6.50. The maximum Gasteiger partial charge on any atom is 0.144 e. The van der Waals surface area contributed by atoms with Crippen molar-refractivity contribution in [3.63, 3.8) is 0 Å². The van der Waals surface area contributed by atoms with E-state index in [1.165, 1.54) is 33.0 Å². The first-order valence-electron chi connectivity index (χ1n) is 8.88.